The van der Waals surface area contributed by atoms with Gasteiger partial charge in [-0.3, -0.25) is 9.59 Å². The van der Waals surface area contributed by atoms with Gasteiger partial charge in [-0.05, 0) is 49.6 Å². The monoisotopic (exact) mass is 488 g/mol. The van der Waals surface area contributed by atoms with Crippen molar-refractivity contribution in [3.63, 3.8) is 0 Å². The standard InChI is InChI=1S/C29H32N2O5/c1-2-3-6-15-35-20-13-11-19(12-14-20)27(32)25-26(23-17-30-24-10-5-4-9-22(23)24)31(29(34)28(25)33)18-21-8-7-16-36-21/h4-5,9-14,17,21,26,30,32H,2-3,6-8,15-16,18H2,1H3/b27-25+. The van der Waals surface area contributed by atoms with Gasteiger partial charge in [-0.2, -0.15) is 0 Å². The predicted octanol–water partition coefficient (Wildman–Crippen LogP) is 5.34. The van der Waals surface area contributed by atoms with Crippen molar-refractivity contribution in [3.05, 3.63) is 71.4 Å². The van der Waals surface area contributed by atoms with Gasteiger partial charge in [0.15, 0.2) is 0 Å². The highest BCUT2D eigenvalue weighted by Crippen LogP contribution is 2.42. The number of para-hydroxylation sites is 1. The number of carbonyl (C=O) groups is 2. The molecular formula is C29H32N2O5. The number of amides is 1. The molecule has 3 heterocycles. The number of aliphatic hydroxyl groups excluding tert-OH is 1. The lowest BCUT2D eigenvalue weighted by molar-refractivity contribution is -0.140. The van der Waals surface area contributed by atoms with Crippen LogP contribution in [0.1, 0.15) is 56.2 Å². The summed E-state index contributed by atoms with van der Waals surface area (Å²) in [5.74, 6) is -0.774. The number of rotatable bonds is 9. The quantitative estimate of drug-likeness (QED) is 0.184. The number of nitrogens with one attached hydrogen (secondary N) is 1. The van der Waals surface area contributed by atoms with Gasteiger partial charge in [0.25, 0.3) is 11.7 Å². The maximum Gasteiger partial charge on any atom is 0.295 e. The van der Waals surface area contributed by atoms with E-state index in [0.29, 0.717) is 31.1 Å². The van der Waals surface area contributed by atoms with Gasteiger partial charge in [0, 0.05) is 41.4 Å². The second-order valence-corrected chi connectivity index (χ2v) is 9.46. The summed E-state index contributed by atoms with van der Waals surface area (Å²) in [6.07, 6.45) is 6.68. The van der Waals surface area contributed by atoms with Gasteiger partial charge in [0.05, 0.1) is 24.3 Å². The van der Waals surface area contributed by atoms with Crippen LogP contribution in [-0.2, 0) is 14.3 Å². The summed E-state index contributed by atoms with van der Waals surface area (Å²) in [5, 5.41) is 12.3. The number of H-pyrrole nitrogens is 1. The molecule has 2 aliphatic rings. The van der Waals surface area contributed by atoms with Gasteiger partial charge in [0.1, 0.15) is 11.5 Å². The Kier molecular flexibility index (Phi) is 7.09. The van der Waals surface area contributed by atoms with Crippen LogP contribution >= 0.6 is 0 Å². The second kappa shape index (κ2) is 10.6. The lowest BCUT2D eigenvalue weighted by Gasteiger charge is -2.27. The molecule has 0 bridgehead atoms. The Morgan fingerprint density at radius 3 is 2.69 bits per heavy atom. The van der Waals surface area contributed by atoms with Crippen LogP contribution in [0.3, 0.4) is 0 Å². The Morgan fingerprint density at radius 1 is 1.14 bits per heavy atom. The van der Waals surface area contributed by atoms with E-state index in [1.54, 1.807) is 29.2 Å². The molecule has 0 radical (unpaired) electrons. The number of unbranched alkanes of at least 4 members (excludes halogenated alkanes) is 2. The molecular weight excluding hydrogens is 456 g/mol. The van der Waals surface area contributed by atoms with Crippen molar-refractivity contribution in [2.24, 2.45) is 0 Å². The van der Waals surface area contributed by atoms with E-state index >= 15 is 0 Å². The van der Waals surface area contributed by atoms with Crippen LogP contribution in [0.2, 0.25) is 0 Å². The van der Waals surface area contributed by atoms with E-state index in [4.69, 9.17) is 9.47 Å². The number of aromatic nitrogens is 1. The number of fused-ring (bicyclic) bond motifs is 1. The van der Waals surface area contributed by atoms with Gasteiger partial charge in [-0.25, -0.2) is 0 Å². The second-order valence-electron chi connectivity index (χ2n) is 9.46. The van der Waals surface area contributed by atoms with Crippen LogP contribution in [-0.4, -0.2) is 52.5 Å². The van der Waals surface area contributed by atoms with Crippen LogP contribution < -0.4 is 4.74 Å². The fraction of sp³-hybridized carbons (Fsp3) is 0.379. The molecule has 1 amide bonds. The SMILES string of the molecule is CCCCCOc1ccc(/C(O)=C2\C(=O)C(=O)N(CC3CCCO3)C2c2c[nH]c3ccccc23)cc1. The fourth-order valence-corrected chi connectivity index (χ4v) is 5.13. The van der Waals surface area contributed by atoms with Crippen molar-refractivity contribution >= 4 is 28.4 Å². The van der Waals surface area contributed by atoms with Crippen molar-refractivity contribution in [3.8, 4) is 5.75 Å². The van der Waals surface area contributed by atoms with Crippen molar-refractivity contribution < 1.29 is 24.2 Å². The van der Waals surface area contributed by atoms with E-state index in [0.717, 1.165) is 48.6 Å². The molecule has 0 aliphatic carbocycles. The van der Waals surface area contributed by atoms with Crippen LogP contribution in [0.15, 0.2) is 60.3 Å². The Labute approximate surface area is 210 Å². The molecule has 2 N–H and O–H groups in total. The third kappa shape index (κ3) is 4.63. The lowest BCUT2D eigenvalue weighted by atomic mass is 9.94. The summed E-state index contributed by atoms with van der Waals surface area (Å²) in [7, 11) is 0. The molecule has 5 rings (SSSR count). The van der Waals surface area contributed by atoms with Crippen LogP contribution in [0, 0.1) is 0 Å². The number of ether oxygens (including phenoxy) is 2. The zero-order valence-corrected chi connectivity index (χ0v) is 20.5. The van der Waals surface area contributed by atoms with Gasteiger partial charge in [0.2, 0.25) is 0 Å². The van der Waals surface area contributed by atoms with E-state index in [1.807, 2.05) is 30.5 Å². The Hall–Kier alpha value is -3.58. The number of likely N-dealkylation sites (tertiary alicyclic amines) is 1. The molecule has 2 aliphatic heterocycles. The Bertz CT molecular complexity index is 1270. The van der Waals surface area contributed by atoms with Crippen molar-refractivity contribution in [2.75, 3.05) is 19.8 Å². The number of aromatic amines is 1. The molecule has 188 valence electrons. The number of hydrogen-bond acceptors (Lipinski definition) is 5. The first-order chi connectivity index (χ1) is 17.6. The molecule has 7 nitrogen and oxygen atoms in total. The highest BCUT2D eigenvalue weighted by molar-refractivity contribution is 6.46. The summed E-state index contributed by atoms with van der Waals surface area (Å²) in [6, 6.07) is 14.1. The van der Waals surface area contributed by atoms with E-state index in [2.05, 4.69) is 11.9 Å². The van der Waals surface area contributed by atoms with E-state index in [9.17, 15) is 14.7 Å². The molecule has 7 heteroatoms. The zero-order chi connectivity index (χ0) is 25.1. The first-order valence-electron chi connectivity index (χ1n) is 12.8. The van der Waals surface area contributed by atoms with Gasteiger partial charge >= 0.3 is 0 Å². The molecule has 2 atom stereocenters. The smallest absolute Gasteiger partial charge is 0.295 e. The van der Waals surface area contributed by atoms with Crippen LogP contribution in [0.25, 0.3) is 16.7 Å². The van der Waals surface area contributed by atoms with Crippen LogP contribution in [0.4, 0.5) is 0 Å². The molecule has 2 unspecified atom stereocenters. The number of Topliss-reactive ketones (excluding diaryl/α,β-unsaturated/α-hetero) is 1. The number of benzene rings is 2. The minimum absolute atomic E-state index is 0.0966. The Morgan fingerprint density at radius 2 is 1.94 bits per heavy atom. The maximum absolute atomic E-state index is 13.3. The number of carbonyl (C=O) groups excluding carboxylic acids is 2. The highest BCUT2D eigenvalue weighted by Gasteiger charge is 2.47. The highest BCUT2D eigenvalue weighted by atomic mass is 16.5. The van der Waals surface area contributed by atoms with Gasteiger partial charge in [-0.15, -0.1) is 0 Å². The van der Waals surface area contributed by atoms with Crippen molar-refractivity contribution in [2.45, 2.75) is 51.2 Å². The summed E-state index contributed by atoms with van der Waals surface area (Å²) in [6.45, 7) is 3.73. The zero-order valence-electron chi connectivity index (χ0n) is 20.5. The molecule has 2 fully saturated rings. The minimum atomic E-state index is -0.713. The topological polar surface area (TPSA) is 91.9 Å². The van der Waals surface area contributed by atoms with E-state index < -0.39 is 17.7 Å². The number of ketones is 1. The van der Waals surface area contributed by atoms with E-state index in [1.165, 1.54) is 0 Å². The third-order valence-electron chi connectivity index (χ3n) is 7.02. The predicted molar refractivity (Wildman–Crippen MR) is 138 cm³/mol. The first kappa shape index (κ1) is 24.1. The number of aliphatic hydroxyl groups is 1. The van der Waals surface area contributed by atoms with Gasteiger partial charge < -0.3 is 24.5 Å². The normalized spacial score (nSPS) is 21.5. The number of hydrogen-bond donors (Lipinski definition) is 2. The van der Waals surface area contributed by atoms with E-state index in [-0.39, 0.29) is 17.4 Å². The van der Waals surface area contributed by atoms with Crippen LogP contribution in [0.5, 0.6) is 5.75 Å². The summed E-state index contributed by atoms with van der Waals surface area (Å²) >= 11 is 0. The molecule has 3 aromatic rings. The van der Waals surface area contributed by atoms with Crippen molar-refractivity contribution in [1.82, 2.24) is 9.88 Å². The first-order valence-corrected chi connectivity index (χ1v) is 12.8. The molecule has 1 aromatic heterocycles. The average molecular weight is 489 g/mol. The molecule has 36 heavy (non-hydrogen) atoms. The number of nitrogens with zero attached hydrogens (tertiary/aromatic N) is 1. The molecule has 2 aromatic carbocycles. The molecule has 2 saturated heterocycles. The summed E-state index contributed by atoms with van der Waals surface area (Å²) in [4.78, 5) is 31.4. The average Bonchev–Trinajstić information content (AvgIpc) is 3.62. The van der Waals surface area contributed by atoms with Crippen molar-refractivity contribution in [1.29, 1.82) is 0 Å². The lowest BCUT2D eigenvalue weighted by Crippen LogP contribution is -2.36. The third-order valence-corrected chi connectivity index (χ3v) is 7.02. The largest absolute Gasteiger partial charge is 0.507 e. The maximum atomic E-state index is 13.3. The Balaban J connectivity index is 1.52. The minimum Gasteiger partial charge on any atom is -0.507 e. The summed E-state index contributed by atoms with van der Waals surface area (Å²) < 4.78 is 11.6. The molecule has 0 saturated carbocycles. The summed E-state index contributed by atoms with van der Waals surface area (Å²) in [5.41, 5.74) is 2.25. The fourth-order valence-electron chi connectivity index (χ4n) is 5.13. The molecule has 0 spiro atoms. The van der Waals surface area contributed by atoms with Gasteiger partial charge in [-0.1, -0.05) is 38.0 Å².